The quantitative estimate of drug-likeness (QED) is 0.182. The first-order chi connectivity index (χ1) is 25.6. The van der Waals surface area contributed by atoms with Crippen molar-refractivity contribution in [3.8, 4) is 11.1 Å². The molecule has 5 heteroatoms. The molecule has 1 aliphatic carbocycles. The average Bonchev–Trinajstić information content (AvgIpc) is 3.81. The fourth-order valence-electron chi connectivity index (χ4n) is 9.55. The molecule has 9 aromatic rings. The maximum absolute atomic E-state index is 6.50. The lowest BCUT2D eigenvalue weighted by molar-refractivity contribution is 0.332. The fourth-order valence-corrected chi connectivity index (χ4v) is 10.7. The predicted octanol–water partition coefficient (Wildman–Crippen LogP) is 12.5. The third-order valence-electron chi connectivity index (χ3n) is 12.5. The molecule has 0 bridgehead atoms. The zero-order valence-corrected chi connectivity index (χ0v) is 31.9. The Hall–Kier alpha value is -5.26. The molecule has 0 atom stereocenters. The van der Waals surface area contributed by atoms with Crippen molar-refractivity contribution in [2.45, 2.75) is 65.2 Å². The summed E-state index contributed by atoms with van der Waals surface area (Å²) in [6, 6.07) is 38.5. The molecule has 2 aliphatic rings. The zero-order valence-electron chi connectivity index (χ0n) is 31.1. The molecule has 0 fully saturated rings. The van der Waals surface area contributed by atoms with Gasteiger partial charge in [-0.3, -0.25) is 0 Å². The van der Waals surface area contributed by atoms with Gasteiger partial charge in [0, 0.05) is 54.3 Å². The molecular weight excluding hydrogens is 663 g/mol. The van der Waals surface area contributed by atoms with Crippen molar-refractivity contribution in [1.29, 1.82) is 0 Å². The van der Waals surface area contributed by atoms with Crippen molar-refractivity contribution >= 4 is 99.7 Å². The van der Waals surface area contributed by atoms with Gasteiger partial charge in [-0.05, 0) is 107 Å². The smallest absolute Gasteiger partial charge is 0.198 e. The highest BCUT2D eigenvalue weighted by Gasteiger charge is 2.39. The van der Waals surface area contributed by atoms with E-state index in [2.05, 4.69) is 162 Å². The van der Waals surface area contributed by atoms with Gasteiger partial charge in [0.05, 0.1) is 5.52 Å². The van der Waals surface area contributed by atoms with E-state index in [1.54, 1.807) is 0 Å². The average molecular weight is 704 g/mol. The van der Waals surface area contributed by atoms with E-state index in [0.717, 1.165) is 27.4 Å². The minimum Gasteiger partial charge on any atom is -0.456 e. The van der Waals surface area contributed by atoms with Crippen LogP contribution in [0, 0.1) is 13.8 Å². The summed E-state index contributed by atoms with van der Waals surface area (Å²) in [7, 11) is 2.41. The number of rotatable bonds is 2. The SMILES string of the molecule is Cc1cc(-c2cccc3c2[nH]c2sc4ccccc4c23)c2c(c1)N(c1cc3c(cc1C)C(C)(C)CCC3(C)C)c1cc3c(cc1[B]2)oc1ccccc13. The molecule has 3 aromatic heterocycles. The monoisotopic (exact) mass is 703 g/mol. The van der Waals surface area contributed by atoms with Crippen LogP contribution in [0.15, 0.2) is 108 Å². The first-order valence-electron chi connectivity index (χ1n) is 18.9. The Morgan fingerprint density at radius 3 is 2.23 bits per heavy atom. The van der Waals surface area contributed by atoms with Gasteiger partial charge in [-0.25, -0.2) is 0 Å². The number of hydrogen-bond acceptors (Lipinski definition) is 3. The van der Waals surface area contributed by atoms with Gasteiger partial charge in [0.15, 0.2) is 7.28 Å². The van der Waals surface area contributed by atoms with Gasteiger partial charge in [0.25, 0.3) is 0 Å². The molecule has 4 heterocycles. The van der Waals surface area contributed by atoms with Crippen LogP contribution in [0.25, 0.3) is 64.3 Å². The molecule has 0 amide bonds. The van der Waals surface area contributed by atoms with Crippen molar-refractivity contribution in [3.05, 3.63) is 125 Å². The Kier molecular flexibility index (Phi) is 6.30. The number of fused-ring (bicyclic) bond motifs is 11. The van der Waals surface area contributed by atoms with Crippen LogP contribution in [0.4, 0.5) is 17.1 Å². The normalized spacial score (nSPS) is 16.0. The zero-order chi connectivity index (χ0) is 36.0. The summed E-state index contributed by atoms with van der Waals surface area (Å²) in [5.74, 6) is 0. The van der Waals surface area contributed by atoms with Gasteiger partial charge in [-0.15, -0.1) is 11.3 Å². The summed E-state index contributed by atoms with van der Waals surface area (Å²) in [5, 5.41) is 6.21. The minimum absolute atomic E-state index is 0.0870. The van der Waals surface area contributed by atoms with Gasteiger partial charge < -0.3 is 14.3 Å². The predicted molar refractivity (Wildman–Crippen MR) is 228 cm³/mol. The second-order valence-electron chi connectivity index (χ2n) is 16.8. The number of nitrogens with zero attached hydrogens (tertiary/aromatic N) is 1. The van der Waals surface area contributed by atoms with E-state index in [-0.39, 0.29) is 10.8 Å². The van der Waals surface area contributed by atoms with Crippen LogP contribution in [0.5, 0.6) is 0 Å². The van der Waals surface area contributed by atoms with Crippen molar-refractivity contribution in [2.24, 2.45) is 0 Å². The van der Waals surface area contributed by atoms with E-state index in [0.29, 0.717) is 0 Å². The molecule has 11 rings (SSSR count). The minimum atomic E-state index is 0.0870. The Morgan fingerprint density at radius 1 is 0.660 bits per heavy atom. The summed E-state index contributed by atoms with van der Waals surface area (Å²) >= 11 is 1.84. The molecule has 257 valence electrons. The van der Waals surface area contributed by atoms with Gasteiger partial charge in [-0.1, -0.05) is 99.9 Å². The Balaban J connectivity index is 1.21. The highest BCUT2D eigenvalue weighted by molar-refractivity contribution is 7.25. The third-order valence-corrected chi connectivity index (χ3v) is 13.6. The van der Waals surface area contributed by atoms with Gasteiger partial charge in [0.1, 0.15) is 16.0 Å². The van der Waals surface area contributed by atoms with Gasteiger partial charge >= 0.3 is 0 Å². The van der Waals surface area contributed by atoms with Gasteiger partial charge in [-0.2, -0.15) is 0 Å². The number of H-pyrrole nitrogens is 1. The number of furan rings is 1. The molecule has 1 radical (unpaired) electrons. The van der Waals surface area contributed by atoms with Crippen LogP contribution < -0.4 is 15.8 Å². The fraction of sp³-hybridized carbons (Fsp3) is 0.208. The van der Waals surface area contributed by atoms with E-state index < -0.39 is 0 Å². The lowest BCUT2D eigenvalue weighted by Crippen LogP contribution is -2.41. The number of aromatic amines is 1. The molecule has 6 aromatic carbocycles. The standard InChI is InChI=1S/C48H40BN2OS/c1-26-20-33(29-14-11-15-31-43-30-13-8-10-17-42(30)53-46(43)50-45(29)31)44-39(21-26)51(37-24-35-34(22-27(37)2)47(3,4)18-19-48(35,5)6)38-23-32-28-12-7-9-16-40(28)52-41(32)25-36(38)49-44/h7-17,20-25,50H,18-19H2,1-6H3. The van der Waals surface area contributed by atoms with Crippen molar-refractivity contribution in [3.63, 3.8) is 0 Å². The number of para-hydroxylation sites is 2. The van der Waals surface area contributed by atoms with E-state index in [1.165, 1.54) is 100.0 Å². The van der Waals surface area contributed by atoms with Crippen LogP contribution in [0.2, 0.25) is 0 Å². The first kappa shape index (κ1) is 31.3. The van der Waals surface area contributed by atoms with E-state index in [9.17, 15) is 0 Å². The van der Waals surface area contributed by atoms with E-state index >= 15 is 0 Å². The third kappa shape index (κ3) is 4.41. The Bertz CT molecular complexity index is 3030. The number of aryl methyl sites for hydroxylation is 2. The summed E-state index contributed by atoms with van der Waals surface area (Å²) in [6.45, 7) is 14.3. The summed E-state index contributed by atoms with van der Waals surface area (Å²) < 4.78 is 7.82. The Labute approximate surface area is 314 Å². The summed E-state index contributed by atoms with van der Waals surface area (Å²) in [4.78, 5) is 7.69. The number of nitrogens with one attached hydrogen (secondary N) is 1. The van der Waals surface area contributed by atoms with Crippen molar-refractivity contribution < 1.29 is 4.42 Å². The second-order valence-corrected chi connectivity index (χ2v) is 17.9. The number of aromatic nitrogens is 1. The largest absolute Gasteiger partial charge is 0.456 e. The maximum Gasteiger partial charge on any atom is 0.198 e. The van der Waals surface area contributed by atoms with E-state index in [4.69, 9.17) is 4.42 Å². The topological polar surface area (TPSA) is 32.2 Å². The van der Waals surface area contributed by atoms with E-state index in [1.807, 2.05) is 11.3 Å². The molecule has 0 unspecified atom stereocenters. The summed E-state index contributed by atoms with van der Waals surface area (Å²) in [6.07, 6.45) is 2.37. The number of hydrogen-bond donors (Lipinski definition) is 1. The van der Waals surface area contributed by atoms with Crippen LogP contribution in [0.3, 0.4) is 0 Å². The molecule has 3 nitrogen and oxygen atoms in total. The van der Waals surface area contributed by atoms with Crippen LogP contribution >= 0.6 is 11.3 Å². The number of anilines is 3. The lowest BCUT2D eigenvalue weighted by atomic mass is 9.57. The lowest BCUT2D eigenvalue weighted by Gasteiger charge is -2.43. The van der Waals surface area contributed by atoms with Crippen LogP contribution in [-0.2, 0) is 10.8 Å². The molecule has 0 saturated heterocycles. The molecule has 53 heavy (non-hydrogen) atoms. The molecular formula is C48H40BN2OS. The van der Waals surface area contributed by atoms with Gasteiger partial charge in [0.2, 0.25) is 0 Å². The molecule has 1 aliphatic heterocycles. The van der Waals surface area contributed by atoms with Crippen molar-refractivity contribution in [1.82, 2.24) is 4.98 Å². The molecule has 1 N–H and O–H groups in total. The highest BCUT2D eigenvalue weighted by atomic mass is 32.1. The second kappa shape index (κ2) is 10.7. The Morgan fingerprint density at radius 2 is 1.40 bits per heavy atom. The maximum atomic E-state index is 6.50. The summed E-state index contributed by atoms with van der Waals surface area (Å²) in [5.41, 5.74) is 17.3. The highest BCUT2D eigenvalue weighted by Crippen LogP contribution is 2.50. The number of thiophene rings is 1. The van der Waals surface area contributed by atoms with Crippen LogP contribution in [-0.4, -0.2) is 12.3 Å². The molecule has 0 saturated carbocycles. The number of benzene rings is 6. The van der Waals surface area contributed by atoms with Crippen LogP contribution in [0.1, 0.15) is 62.8 Å². The molecule has 0 spiro atoms. The van der Waals surface area contributed by atoms with Crippen molar-refractivity contribution in [2.75, 3.05) is 4.90 Å². The first-order valence-corrected chi connectivity index (χ1v) is 19.7.